The maximum Gasteiger partial charge on any atom is 0.416 e. The van der Waals surface area contributed by atoms with Gasteiger partial charge >= 0.3 is 6.18 Å². The van der Waals surface area contributed by atoms with E-state index < -0.39 is 34.8 Å². The summed E-state index contributed by atoms with van der Waals surface area (Å²) in [4.78, 5) is 16.1. The average Bonchev–Trinajstić information content (AvgIpc) is 3.25. The molecule has 35 heavy (non-hydrogen) atoms. The summed E-state index contributed by atoms with van der Waals surface area (Å²) in [5, 5.41) is 6.22. The standard InChI is InChI=1S/C24H17F5N4O2/c25-19-2-1-3-20(26)22(19)23(34)31-21-8-11-33(32-21)13-16-4-5-17(12-18(16)24(27,28)29)35-14-15-6-9-30-10-7-15/h1-12H,13-14H2,(H,31,32,34). The Morgan fingerprint density at radius 1 is 1.00 bits per heavy atom. The van der Waals surface area contributed by atoms with Crippen molar-refractivity contribution in [2.45, 2.75) is 19.3 Å². The number of anilines is 1. The minimum atomic E-state index is -4.65. The number of pyridine rings is 1. The lowest BCUT2D eigenvalue weighted by Crippen LogP contribution is -2.16. The van der Waals surface area contributed by atoms with Crippen molar-refractivity contribution >= 4 is 11.7 Å². The van der Waals surface area contributed by atoms with E-state index in [1.54, 1.807) is 24.5 Å². The number of hydrogen-bond donors (Lipinski definition) is 1. The van der Waals surface area contributed by atoms with Crippen LogP contribution in [0.5, 0.6) is 5.75 Å². The zero-order chi connectivity index (χ0) is 25.0. The van der Waals surface area contributed by atoms with Gasteiger partial charge < -0.3 is 10.1 Å². The molecular weight excluding hydrogens is 471 g/mol. The Morgan fingerprint density at radius 2 is 1.71 bits per heavy atom. The van der Waals surface area contributed by atoms with Crippen LogP contribution in [0, 0.1) is 11.6 Å². The number of aromatic nitrogens is 3. The molecule has 0 saturated carbocycles. The number of rotatable bonds is 7. The van der Waals surface area contributed by atoms with Crippen LogP contribution in [0.15, 0.2) is 73.2 Å². The van der Waals surface area contributed by atoms with Gasteiger partial charge in [-0.25, -0.2) is 8.78 Å². The van der Waals surface area contributed by atoms with Gasteiger partial charge in [0.25, 0.3) is 5.91 Å². The van der Waals surface area contributed by atoms with Crippen LogP contribution in [0.3, 0.4) is 0 Å². The number of amides is 1. The molecule has 2 heterocycles. The highest BCUT2D eigenvalue weighted by Crippen LogP contribution is 2.35. The van der Waals surface area contributed by atoms with Crippen molar-refractivity contribution in [3.05, 3.63) is 107 Å². The van der Waals surface area contributed by atoms with Crippen LogP contribution in [0.1, 0.15) is 27.0 Å². The second-order valence-electron chi connectivity index (χ2n) is 7.41. The second-order valence-corrected chi connectivity index (χ2v) is 7.41. The van der Waals surface area contributed by atoms with E-state index in [9.17, 15) is 26.7 Å². The van der Waals surface area contributed by atoms with E-state index in [0.717, 1.165) is 34.5 Å². The molecular formula is C24H17F5N4O2. The van der Waals surface area contributed by atoms with Crippen LogP contribution in [-0.2, 0) is 19.3 Å². The number of carbonyl (C=O) groups excluding carboxylic acids is 1. The summed E-state index contributed by atoms with van der Waals surface area (Å²) >= 11 is 0. The van der Waals surface area contributed by atoms with Crippen molar-refractivity contribution in [3.8, 4) is 5.75 Å². The van der Waals surface area contributed by atoms with Gasteiger partial charge in [-0.2, -0.15) is 18.3 Å². The van der Waals surface area contributed by atoms with Gasteiger partial charge in [0.2, 0.25) is 0 Å². The van der Waals surface area contributed by atoms with Gasteiger partial charge in [0, 0.05) is 24.7 Å². The van der Waals surface area contributed by atoms with Crippen LogP contribution >= 0.6 is 0 Å². The van der Waals surface area contributed by atoms with E-state index >= 15 is 0 Å². The minimum Gasteiger partial charge on any atom is -0.489 e. The fourth-order valence-electron chi connectivity index (χ4n) is 3.28. The maximum absolute atomic E-state index is 13.8. The topological polar surface area (TPSA) is 69.0 Å². The Balaban J connectivity index is 1.49. The number of nitrogens with one attached hydrogen (secondary N) is 1. The van der Waals surface area contributed by atoms with Crippen LogP contribution in [0.4, 0.5) is 27.8 Å². The molecule has 0 unspecified atom stereocenters. The summed E-state index contributed by atoms with van der Waals surface area (Å²) in [5.41, 5.74) is -1.03. The van der Waals surface area contributed by atoms with E-state index in [1.165, 1.54) is 24.4 Å². The normalized spacial score (nSPS) is 11.3. The summed E-state index contributed by atoms with van der Waals surface area (Å²) in [6.45, 7) is -0.201. The van der Waals surface area contributed by atoms with Crippen molar-refractivity contribution in [3.63, 3.8) is 0 Å². The van der Waals surface area contributed by atoms with Gasteiger partial charge in [0.1, 0.15) is 29.6 Å². The van der Waals surface area contributed by atoms with Crippen LogP contribution in [-0.4, -0.2) is 20.7 Å². The van der Waals surface area contributed by atoms with E-state index in [-0.39, 0.29) is 30.3 Å². The molecule has 2 aromatic carbocycles. The monoisotopic (exact) mass is 488 g/mol. The molecule has 0 fully saturated rings. The van der Waals surface area contributed by atoms with Crippen LogP contribution < -0.4 is 10.1 Å². The van der Waals surface area contributed by atoms with Gasteiger partial charge in [-0.3, -0.25) is 14.5 Å². The first kappa shape index (κ1) is 23.9. The molecule has 2 aromatic heterocycles. The Morgan fingerprint density at radius 3 is 2.40 bits per heavy atom. The highest BCUT2D eigenvalue weighted by Gasteiger charge is 2.34. The predicted molar refractivity (Wildman–Crippen MR) is 116 cm³/mol. The number of carbonyl (C=O) groups is 1. The van der Waals surface area contributed by atoms with Crippen molar-refractivity contribution in [1.82, 2.24) is 14.8 Å². The summed E-state index contributed by atoms with van der Waals surface area (Å²) < 4.78 is 75.4. The zero-order valence-electron chi connectivity index (χ0n) is 17.9. The first-order chi connectivity index (χ1) is 16.7. The van der Waals surface area contributed by atoms with Crippen LogP contribution in [0.25, 0.3) is 0 Å². The van der Waals surface area contributed by atoms with E-state index in [1.807, 2.05) is 0 Å². The largest absolute Gasteiger partial charge is 0.489 e. The number of hydrogen-bond acceptors (Lipinski definition) is 4. The quantitative estimate of drug-likeness (QED) is 0.351. The molecule has 0 saturated heterocycles. The summed E-state index contributed by atoms with van der Waals surface area (Å²) in [6.07, 6.45) is -0.216. The molecule has 0 bridgehead atoms. The fraction of sp³-hybridized carbons (Fsp3) is 0.125. The number of alkyl halides is 3. The Kier molecular flexibility index (Phi) is 6.76. The number of halogens is 5. The second kappa shape index (κ2) is 9.92. The third-order valence-corrected chi connectivity index (χ3v) is 4.95. The molecule has 180 valence electrons. The molecule has 1 amide bonds. The van der Waals surface area contributed by atoms with Gasteiger partial charge in [0.05, 0.1) is 12.1 Å². The van der Waals surface area contributed by atoms with Crippen molar-refractivity contribution < 1.29 is 31.5 Å². The molecule has 11 heteroatoms. The Hall–Kier alpha value is -4.28. The predicted octanol–water partition coefficient (Wildman–Crippen LogP) is 5.45. The van der Waals surface area contributed by atoms with E-state index in [0.29, 0.717) is 0 Å². The maximum atomic E-state index is 13.8. The van der Waals surface area contributed by atoms with Crippen molar-refractivity contribution in [2.24, 2.45) is 0 Å². The molecule has 0 aliphatic carbocycles. The molecule has 0 atom stereocenters. The molecule has 4 aromatic rings. The number of benzene rings is 2. The minimum absolute atomic E-state index is 0.0400. The highest BCUT2D eigenvalue weighted by atomic mass is 19.4. The lowest BCUT2D eigenvalue weighted by molar-refractivity contribution is -0.138. The average molecular weight is 488 g/mol. The number of nitrogens with zero attached hydrogens (tertiary/aromatic N) is 3. The molecule has 0 aliphatic heterocycles. The summed E-state index contributed by atoms with van der Waals surface area (Å²) in [7, 11) is 0. The van der Waals surface area contributed by atoms with Gasteiger partial charge in [-0.1, -0.05) is 12.1 Å². The van der Waals surface area contributed by atoms with Gasteiger partial charge in [0.15, 0.2) is 5.82 Å². The molecule has 1 N–H and O–H groups in total. The lowest BCUT2D eigenvalue weighted by Gasteiger charge is -2.15. The van der Waals surface area contributed by atoms with E-state index in [2.05, 4.69) is 15.4 Å². The van der Waals surface area contributed by atoms with Gasteiger partial charge in [-0.05, 0) is 47.5 Å². The third-order valence-electron chi connectivity index (χ3n) is 4.95. The third kappa shape index (κ3) is 5.81. The first-order valence-electron chi connectivity index (χ1n) is 10.2. The smallest absolute Gasteiger partial charge is 0.416 e. The molecule has 0 radical (unpaired) electrons. The van der Waals surface area contributed by atoms with Crippen LogP contribution in [0.2, 0.25) is 0 Å². The SMILES string of the molecule is O=C(Nc1ccn(Cc2ccc(OCc3ccncc3)cc2C(F)(F)F)n1)c1c(F)cccc1F. The summed E-state index contributed by atoms with van der Waals surface area (Å²) in [6, 6.07) is 11.3. The van der Waals surface area contributed by atoms with Gasteiger partial charge in [-0.15, -0.1) is 0 Å². The van der Waals surface area contributed by atoms with Crippen molar-refractivity contribution in [1.29, 1.82) is 0 Å². The first-order valence-corrected chi connectivity index (χ1v) is 10.2. The number of ether oxygens (including phenoxy) is 1. The lowest BCUT2D eigenvalue weighted by atomic mass is 10.1. The Bertz CT molecular complexity index is 1320. The fourth-order valence-corrected chi connectivity index (χ4v) is 3.28. The van der Waals surface area contributed by atoms with Crippen molar-refractivity contribution in [2.75, 3.05) is 5.32 Å². The van der Waals surface area contributed by atoms with E-state index in [4.69, 9.17) is 4.74 Å². The molecule has 6 nitrogen and oxygen atoms in total. The highest BCUT2D eigenvalue weighted by molar-refractivity contribution is 6.04. The zero-order valence-corrected chi connectivity index (χ0v) is 17.9. The molecule has 0 spiro atoms. The summed E-state index contributed by atoms with van der Waals surface area (Å²) in [5.74, 6) is -3.22. The Labute approximate surface area is 196 Å². The molecule has 0 aliphatic rings. The molecule has 4 rings (SSSR count).